The fourth-order valence-corrected chi connectivity index (χ4v) is 2.99. The topological polar surface area (TPSA) is 67.2 Å². The molecule has 126 valence electrons. The van der Waals surface area contributed by atoms with Crippen molar-refractivity contribution in [3.05, 3.63) is 64.1 Å². The van der Waals surface area contributed by atoms with Crippen LogP contribution in [0.1, 0.15) is 28.9 Å². The lowest BCUT2D eigenvalue weighted by Crippen LogP contribution is -2.47. The summed E-state index contributed by atoms with van der Waals surface area (Å²) >= 11 is 0. The van der Waals surface area contributed by atoms with E-state index in [1.165, 1.54) is 16.8 Å². The predicted octanol–water partition coefficient (Wildman–Crippen LogP) is 1.12. The first-order valence-electron chi connectivity index (χ1n) is 8.26. The van der Waals surface area contributed by atoms with Gasteiger partial charge in [-0.2, -0.15) is 5.10 Å². The van der Waals surface area contributed by atoms with E-state index in [0.29, 0.717) is 24.8 Å². The highest BCUT2D eigenvalue weighted by atomic mass is 16.2. The molecule has 1 aromatic carbocycles. The van der Waals surface area contributed by atoms with Crippen molar-refractivity contribution in [1.82, 2.24) is 20.0 Å². The van der Waals surface area contributed by atoms with E-state index in [1.54, 1.807) is 0 Å². The number of likely N-dealkylation sites (N-methyl/N-ethyl adjacent to an activating group) is 1. The number of rotatable bonds is 4. The SMILES string of the molecule is CNC1CCCN(C(=O)c2ccc(=O)n(Cc3ccccc3)n2)C1. The molecule has 2 heterocycles. The van der Waals surface area contributed by atoms with Crippen LogP contribution in [0.25, 0.3) is 0 Å². The van der Waals surface area contributed by atoms with Gasteiger partial charge in [0.2, 0.25) is 0 Å². The van der Waals surface area contributed by atoms with E-state index in [9.17, 15) is 9.59 Å². The third-order valence-electron chi connectivity index (χ3n) is 4.38. The van der Waals surface area contributed by atoms with Crippen LogP contribution < -0.4 is 10.9 Å². The van der Waals surface area contributed by atoms with Crippen LogP contribution in [-0.2, 0) is 6.54 Å². The van der Waals surface area contributed by atoms with Gasteiger partial charge in [0.05, 0.1) is 6.54 Å². The van der Waals surface area contributed by atoms with Gasteiger partial charge in [-0.05, 0) is 31.5 Å². The summed E-state index contributed by atoms with van der Waals surface area (Å²) in [6.07, 6.45) is 2.04. The fourth-order valence-electron chi connectivity index (χ4n) is 2.99. The van der Waals surface area contributed by atoms with Crippen LogP contribution in [0, 0.1) is 0 Å². The van der Waals surface area contributed by atoms with Crippen LogP contribution in [0.4, 0.5) is 0 Å². The van der Waals surface area contributed by atoms with E-state index in [4.69, 9.17) is 0 Å². The van der Waals surface area contributed by atoms with Gasteiger partial charge in [-0.3, -0.25) is 9.59 Å². The molecule has 0 spiro atoms. The van der Waals surface area contributed by atoms with Gasteiger partial charge in [-0.1, -0.05) is 30.3 Å². The van der Waals surface area contributed by atoms with E-state index in [-0.39, 0.29) is 11.5 Å². The van der Waals surface area contributed by atoms with Gasteiger partial charge in [-0.15, -0.1) is 0 Å². The Morgan fingerprint density at radius 1 is 1.25 bits per heavy atom. The summed E-state index contributed by atoms with van der Waals surface area (Å²) < 4.78 is 1.35. The minimum absolute atomic E-state index is 0.114. The van der Waals surface area contributed by atoms with Crippen molar-refractivity contribution in [1.29, 1.82) is 0 Å². The molecule has 0 saturated carbocycles. The number of piperidine rings is 1. The minimum Gasteiger partial charge on any atom is -0.336 e. The lowest BCUT2D eigenvalue weighted by atomic mass is 10.1. The molecule has 1 aliphatic rings. The maximum Gasteiger partial charge on any atom is 0.274 e. The zero-order valence-corrected chi connectivity index (χ0v) is 13.8. The molecule has 0 bridgehead atoms. The van der Waals surface area contributed by atoms with Crippen molar-refractivity contribution in [3.8, 4) is 0 Å². The zero-order valence-electron chi connectivity index (χ0n) is 13.8. The molecule has 1 fully saturated rings. The van der Waals surface area contributed by atoms with Gasteiger partial charge in [0, 0.05) is 25.2 Å². The molecular weight excluding hydrogens is 304 g/mol. The van der Waals surface area contributed by atoms with Gasteiger partial charge < -0.3 is 10.2 Å². The van der Waals surface area contributed by atoms with Crippen molar-refractivity contribution in [2.45, 2.75) is 25.4 Å². The van der Waals surface area contributed by atoms with E-state index in [0.717, 1.165) is 24.9 Å². The Morgan fingerprint density at radius 3 is 2.79 bits per heavy atom. The molecule has 1 aliphatic heterocycles. The van der Waals surface area contributed by atoms with Crippen molar-refractivity contribution < 1.29 is 4.79 Å². The first-order chi connectivity index (χ1) is 11.7. The van der Waals surface area contributed by atoms with Crippen molar-refractivity contribution in [3.63, 3.8) is 0 Å². The number of nitrogens with one attached hydrogen (secondary N) is 1. The Kier molecular flexibility index (Phi) is 5.05. The minimum atomic E-state index is -0.206. The van der Waals surface area contributed by atoms with Crippen molar-refractivity contribution in [2.24, 2.45) is 0 Å². The fraction of sp³-hybridized carbons (Fsp3) is 0.389. The highest BCUT2D eigenvalue weighted by Gasteiger charge is 2.24. The highest BCUT2D eigenvalue weighted by molar-refractivity contribution is 5.92. The molecular formula is C18H22N4O2. The summed E-state index contributed by atoms with van der Waals surface area (Å²) in [5.74, 6) is -0.114. The normalized spacial score (nSPS) is 17.7. The summed E-state index contributed by atoms with van der Waals surface area (Å²) in [7, 11) is 1.91. The van der Waals surface area contributed by atoms with Gasteiger partial charge in [0.1, 0.15) is 5.69 Å². The number of carbonyl (C=O) groups is 1. The van der Waals surface area contributed by atoms with Crippen LogP contribution in [-0.4, -0.2) is 46.8 Å². The van der Waals surface area contributed by atoms with E-state index in [1.807, 2.05) is 42.3 Å². The number of aromatic nitrogens is 2. The molecule has 24 heavy (non-hydrogen) atoms. The Bertz CT molecular complexity index is 757. The Labute approximate surface area is 141 Å². The van der Waals surface area contributed by atoms with Crippen LogP contribution in [0.15, 0.2) is 47.3 Å². The molecule has 6 heteroatoms. The quantitative estimate of drug-likeness (QED) is 0.914. The maximum atomic E-state index is 12.7. The summed E-state index contributed by atoms with van der Waals surface area (Å²) in [4.78, 5) is 26.5. The average molecular weight is 326 g/mol. The third-order valence-corrected chi connectivity index (χ3v) is 4.38. The molecule has 6 nitrogen and oxygen atoms in total. The smallest absolute Gasteiger partial charge is 0.274 e. The second-order valence-electron chi connectivity index (χ2n) is 6.08. The van der Waals surface area contributed by atoms with E-state index < -0.39 is 0 Å². The summed E-state index contributed by atoms with van der Waals surface area (Å²) in [6, 6.07) is 12.9. The number of amides is 1. The molecule has 0 aliphatic carbocycles. The van der Waals surface area contributed by atoms with E-state index in [2.05, 4.69) is 10.4 Å². The maximum absolute atomic E-state index is 12.7. The van der Waals surface area contributed by atoms with Gasteiger partial charge in [0.15, 0.2) is 0 Å². The molecule has 1 atom stereocenters. The largest absolute Gasteiger partial charge is 0.336 e. The molecule has 1 aromatic heterocycles. The molecule has 0 radical (unpaired) electrons. The Morgan fingerprint density at radius 2 is 2.04 bits per heavy atom. The molecule has 1 saturated heterocycles. The summed E-state index contributed by atoms with van der Waals surface area (Å²) in [5, 5.41) is 7.51. The van der Waals surface area contributed by atoms with Crippen LogP contribution in [0.2, 0.25) is 0 Å². The lowest BCUT2D eigenvalue weighted by Gasteiger charge is -2.32. The number of hydrogen-bond donors (Lipinski definition) is 1. The monoisotopic (exact) mass is 326 g/mol. The first kappa shape index (κ1) is 16.4. The zero-order chi connectivity index (χ0) is 16.9. The average Bonchev–Trinajstić information content (AvgIpc) is 2.64. The Hall–Kier alpha value is -2.47. The standard InChI is InChI=1S/C18H22N4O2/c1-19-15-8-5-11-21(13-15)18(24)16-9-10-17(23)22(20-16)12-14-6-3-2-4-7-14/h2-4,6-7,9-10,15,19H,5,8,11-13H2,1H3. The van der Waals surface area contributed by atoms with E-state index >= 15 is 0 Å². The number of likely N-dealkylation sites (tertiary alicyclic amines) is 1. The van der Waals surface area contributed by atoms with Gasteiger partial charge in [0.25, 0.3) is 11.5 Å². The summed E-state index contributed by atoms with van der Waals surface area (Å²) in [5.41, 5.74) is 1.09. The Balaban J connectivity index is 1.80. The van der Waals surface area contributed by atoms with Crippen molar-refractivity contribution in [2.75, 3.05) is 20.1 Å². The van der Waals surface area contributed by atoms with Gasteiger partial charge in [-0.25, -0.2) is 4.68 Å². The molecule has 3 rings (SSSR count). The summed E-state index contributed by atoms with van der Waals surface area (Å²) in [6.45, 7) is 1.77. The molecule has 1 unspecified atom stereocenters. The van der Waals surface area contributed by atoms with Crippen LogP contribution in [0.5, 0.6) is 0 Å². The number of nitrogens with zero attached hydrogens (tertiary/aromatic N) is 3. The second kappa shape index (κ2) is 7.40. The number of benzene rings is 1. The predicted molar refractivity (Wildman–Crippen MR) is 92.0 cm³/mol. The lowest BCUT2D eigenvalue weighted by molar-refractivity contribution is 0.0689. The number of carbonyl (C=O) groups excluding carboxylic acids is 1. The molecule has 1 amide bonds. The van der Waals surface area contributed by atoms with Gasteiger partial charge >= 0.3 is 0 Å². The van der Waals surface area contributed by atoms with Crippen molar-refractivity contribution >= 4 is 5.91 Å². The van der Waals surface area contributed by atoms with Crippen LogP contribution in [0.3, 0.4) is 0 Å². The van der Waals surface area contributed by atoms with Crippen LogP contribution >= 0.6 is 0 Å². The third kappa shape index (κ3) is 3.71. The number of hydrogen-bond acceptors (Lipinski definition) is 4. The second-order valence-corrected chi connectivity index (χ2v) is 6.08. The molecule has 2 aromatic rings. The molecule has 1 N–H and O–H groups in total. The first-order valence-corrected chi connectivity index (χ1v) is 8.26. The highest BCUT2D eigenvalue weighted by Crippen LogP contribution is 2.12.